The lowest BCUT2D eigenvalue weighted by atomic mass is 9.96. The van der Waals surface area contributed by atoms with Crippen molar-refractivity contribution in [1.82, 2.24) is 9.62 Å². The lowest BCUT2D eigenvalue weighted by Crippen LogP contribution is -2.46. The standard InChI is InChI=1S/C18H28N2O3S/c1-5-24(22,23)20-10-6-7-16(12-20)18(21)19-15(4)17-11-13(2)8-9-14(17)3/h8-9,11,15-16H,5-7,10,12H2,1-4H3,(H,19,21). The second kappa shape index (κ2) is 7.66. The molecule has 1 heterocycles. The van der Waals surface area contributed by atoms with Crippen molar-refractivity contribution in [3.05, 3.63) is 34.9 Å². The second-order valence-electron chi connectivity index (χ2n) is 6.69. The fourth-order valence-corrected chi connectivity index (χ4v) is 4.41. The molecule has 2 unspecified atom stereocenters. The number of amides is 1. The van der Waals surface area contributed by atoms with Gasteiger partial charge in [-0.25, -0.2) is 12.7 Å². The molecule has 0 radical (unpaired) electrons. The predicted molar refractivity (Wildman–Crippen MR) is 96.2 cm³/mol. The minimum atomic E-state index is -3.23. The third kappa shape index (κ3) is 4.36. The maximum Gasteiger partial charge on any atom is 0.224 e. The van der Waals surface area contributed by atoms with Crippen LogP contribution in [-0.4, -0.2) is 37.5 Å². The van der Waals surface area contributed by atoms with Gasteiger partial charge in [-0.05, 0) is 51.7 Å². The van der Waals surface area contributed by atoms with E-state index in [0.29, 0.717) is 13.1 Å². The molecule has 1 saturated heterocycles. The number of piperidine rings is 1. The number of aryl methyl sites for hydroxylation is 2. The van der Waals surface area contributed by atoms with Gasteiger partial charge in [-0.3, -0.25) is 4.79 Å². The van der Waals surface area contributed by atoms with Crippen molar-refractivity contribution in [2.24, 2.45) is 5.92 Å². The van der Waals surface area contributed by atoms with Crippen LogP contribution in [0.15, 0.2) is 18.2 Å². The van der Waals surface area contributed by atoms with Crippen LogP contribution in [0.1, 0.15) is 49.4 Å². The van der Waals surface area contributed by atoms with Gasteiger partial charge in [0.05, 0.1) is 17.7 Å². The van der Waals surface area contributed by atoms with Gasteiger partial charge < -0.3 is 5.32 Å². The van der Waals surface area contributed by atoms with Gasteiger partial charge in [0.25, 0.3) is 0 Å². The van der Waals surface area contributed by atoms with Crippen molar-refractivity contribution in [2.75, 3.05) is 18.8 Å². The van der Waals surface area contributed by atoms with Gasteiger partial charge >= 0.3 is 0 Å². The average molecular weight is 353 g/mol. The summed E-state index contributed by atoms with van der Waals surface area (Å²) in [7, 11) is -3.23. The quantitative estimate of drug-likeness (QED) is 0.885. The summed E-state index contributed by atoms with van der Waals surface area (Å²) in [4.78, 5) is 12.6. The summed E-state index contributed by atoms with van der Waals surface area (Å²) in [6.07, 6.45) is 1.47. The average Bonchev–Trinajstić information content (AvgIpc) is 2.57. The van der Waals surface area contributed by atoms with Crippen molar-refractivity contribution < 1.29 is 13.2 Å². The van der Waals surface area contributed by atoms with Crippen LogP contribution in [0.3, 0.4) is 0 Å². The number of nitrogens with one attached hydrogen (secondary N) is 1. The van der Waals surface area contributed by atoms with E-state index in [1.165, 1.54) is 4.31 Å². The van der Waals surface area contributed by atoms with E-state index < -0.39 is 10.0 Å². The van der Waals surface area contributed by atoms with Gasteiger partial charge in [0.1, 0.15) is 0 Å². The molecule has 0 saturated carbocycles. The van der Waals surface area contributed by atoms with E-state index in [4.69, 9.17) is 0 Å². The van der Waals surface area contributed by atoms with E-state index in [1.54, 1.807) is 6.92 Å². The number of hydrogen-bond acceptors (Lipinski definition) is 3. The zero-order valence-electron chi connectivity index (χ0n) is 15.0. The molecule has 0 aliphatic carbocycles. The Hall–Kier alpha value is -1.40. The zero-order chi connectivity index (χ0) is 17.9. The Labute approximate surface area is 145 Å². The molecule has 1 amide bonds. The maximum atomic E-state index is 12.6. The van der Waals surface area contributed by atoms with Crippen LogP contribution in [-0.2, 0) is 14.8 Å². The fourth-order valence-electron chi connectivity index (χ4n) is 3.23. The molecule has 6 heteroatoms. The summed E-state index contributed by atoms with van der Waals surface area (Å²) >= 11 is 0. The van der Waals surface area contributed by atoms with Crippen LogP contribution in [0.5, 0.6) is 0 Å². The summed E-state index contributed by atoms with van der Waals surface area (Å²) in [6.45, 7) is 8.50. The Bertz CT molecular complexity index is 700. The Kier molecular flexibility index (Phi) is 6.04. The van der Waals surface area contributed by atoms with Crippen LogP contribution < -0.4 is 5.32 Å². The highest BCUT2D eigenvalue weighted by Crippen LogP contribution is 2.23. The highest BCUT2D eigenvalue weighted by atomic mass is 32.2. The SMILES string of the molecule is CCS(=O)(=O)N1CCCC(C(=O)NC(C)c2cc(C)ccc2C)C1. The summed E-state index contributed by atoms with van der Waals surface area (Å²) in [6, 6.07) is 6.12. The van der Waals surface area contributed by atoms with Crippen LogP contribution in [0, 0.1) is 19.8 Å². The number of rotatable bonds is 5. The topological polar surface area (TPSA) is 66.5 Å². The first-order chi connectivity index (χ1) is 11.2. The molecule has 1 aliphatic heterocycles. The molecule has 0 bridgehead atoms. The minimum Gasteiger partial charge on any atom is -0.349 e. The van der Waals surface area contributed by atoms with Crippen LogP contribution >= 0.6 is 0 Å². The lowest BCUT2D eigenvalue weighted by Gasteiger charge is -2.31. The van der Waals surface area contributed by atoms with E-state index in [-0.39, 0.29) is 23.6 Å². The molecule has 2 rings (SSSR count). The van der Waals surface area contributed by atoms with Crippen LogP contribution in [0.4, 0.5) is 0 Å². The van der Waals surface area contributed by atoms with E-state index in [0.717, 1.165) is 29.5 Å². The van der Waals surface area contributed by atoms with Crippen molar-refractivity contribution in [2.45, 2.75) is 46.6 Å². The summed E-state index contributed by atoms with van der Waals surface area (Å²) in [5, 5.41) is 3.06. The molecule has 0 spiro atoms. The molecule has 0 aromatic heterocycles. The smallest absolute Gasteiger partial charge is 0.224 e. The van der Waals surface area contributed by atoms with Crippen molar-refractivity contribution >= 4 is 15.9 Å². The molecule has 1 N–H and O–H groups in total. The van der Waals surface area contributed by atoms with Gasteiger partial charge in [0, 0.05) is 13.1 Å². The third-order valence-electron chi connectivity index (χ3n) is 4.77. The Balaban J connectivity index is 2.05. The molecule has 1 aliphatic rings. The van der Waals surface area contributed by atoms with Crippen molar-refractivity contribution in [3.63, 3.8) is 0 Å². The second-order valence-corrected chi connectivity index (χ2v) is 8.95. The first-order valence-corrected chi connectivity index (χ1v) is 10.2. The molecule has 1 fully saturated rings. The van der Waals surface area contributed by atoms with Crippen LogP contribution in [0.25, 0.3) is 0 Å². The van der Waals surface area contributed by atoms with Gasteiger partial charge in [-0.2, -0.15) is 0 Å². The molecular formula is C18H28N2O3S. The summed E-state index contributed by atoms with van der Waals surface area (Å²) < 4.78 is 25.5. The number of carbonyl (C=O) groups is 1. The first kappa shape index (κ1) is 18.9. The van der Waals surface area contributed by atoms with E-state index in [2.05, 4.69) is 23.5 Å². The van der Waals surface area contributed by atoms with E-state index in [9.17, 15) is 13.2 Å². The molecule has 2 atom stereocenters. The molecule has 1 aromatic carbocycles. The lowest BCUT2D eigenvalue weighted by molar-refractivity contribution is -0.126. The van der Waals surface area contributed by atoms with E-state index in [1.807, 2.05) is 20.8 Å². The molecule has 24 heavy (non-hydrogen) atoms. The number of benzene rings is 1. The van der Waals surface area contributed by atoms with Crippen LogP contribution in [0.2, 0.25) is 0 Å². The monoisotopic (exact) mass is 352 g/mol. The van der Waals surface area contributed by atoms with Gasteiger partial charge in [0.2, 0.25) is 15.9 Å². The van der Waals surface area contributed by atoms with Gasteiger partial charge in [-0.1, -0.05) is 23.8 Å². The zero-order valence-corrected chi connectivity index (χ0v) is 15.8. The van der Waals surface area contributed by atoms with Gasteiger partial charge in [-0.15, -0.1) is 0 Å². The number of nitrogens with zero attached hydrogens (tertiary/aromatic N) is 1. The fraction of sp³-hybridized carbons (Fsp3) is 0.611. The normalized spacial score (nSPS) is 20.6. The number of carbonyl (C=O) groups excluding carboxylic acids is 1. The molecular weight excluding hydrogens is 324 g/mol. The molecule has 5 nitrogen and oxygen atoms in total. The number of hydrogen-bond donors (Lipinski definition) is 1. The Morgan fingerprint density at radius 2 is 2.08 bits per heavy atom. The van der Waals surface area contributed by atoms with Crippen molar-refractivity contribution in [1.29, 1.82) is 0 Å². The highest BCUT2D eigenvalue weighted by molar-refractivity contribution is 7.89. The minimum absolute atomic E-state index is 0.0561. The van der Waals surface area contributed by atoms with Crippen molar-refractivity contribution in [3.8, 4) is 0 Å². The number of sulfonamides is 1. The van der Waals surface area contributed by atoms with Gasteiger partial charge in [0.15, 0.2) is 0 Å². The maximum absolute atomic E-state index is 12.6. The Morgan fingerprint density at radius 3 is 2.75 bits per heavy atom. The summed E-state index contributed by atoms with van der Waals surface area (Å²) in [5.74, 6) is -0.243. The van der Waals surface area contributed by atoms with E-state index >= 15 is 0 Å². The first-order valence-electron chi connectivity index (χ1n) is 8.60. The molecule has 1 aromatic rings. The summed E-state index contributed by atoms with van der Waals surface area (Å²) in [5.41, 5.74) is 3.42. The molecule has 134 valence electrons. The third-order valence-corrected chi connectivity index (χ3v) is 6.62. The Morgan fingerprint density at radius 1 is 1.38 bits per heavy atom. The largest absolute Gasteiger partial charge is 0.349 e. The highest BCUT2D eigenvalue weighted by Gasteiger charge is 2.31. The predicted octanol–water partition coefficient (Wildman–Crippen LogP) is 2.54.